The van der Waals surface area contributed by atoms with Gasteiger partial charge in [-0.05, 0) is 11.1 Å². The van der Waals surface area contributed by atoms with Crippen LogP contribution >= 0.6 is 0 Å². The van der Waals surface area contributed by atoms with E-state index in [0.29, 0.717) is 4.90 Å². The monoisotopic (exact) mass is 303 g/mol. The van der Waals surface area contributed by atoms with E-state index in [1.165, 1.54) is 19.2 Å². The molecule has 0 aliphatic carbocycles. The molecule has 114 valence electrons. The highest BCUT2D eigenvalue weighted by Gasteiger charge is 2.65. The molecule has 2 aromatic carbocycles. The highest BCUT2D eigenvalue weighted by atomic mass is 19.2. The summed E-state index contributed by atoms with van der Waals surface area (Å²) in [5, 5.41) is 0. The first-order valence-electron chi connectivity index (χ1n) is 6.87. The van der Waals surface area contributed by atoms with Crippen molar-refractivity contribution >= 4 is 6.09 Å². The number of carbonyl (C=O) groups is 1. The number of rotatable bonds is 2. The summed E-state index contributed by atoms with van der Waals surface area (Å²) >= 11 is 0. The minimum absolute atomic E-state index is 0.0329. The minimum atomic E-state index is -2.74. The number of alkyl halides is 2. The Morgan fingerprint density at radius 2 is 1.50 bits per heavy atom. The summed E-state index contributed by atoms with van der Waals surface area (Å²) in [7, 11) is 1.18. The van der Waals surface area contributed by atoms with Gasteiger partial charge in [0.2, 0.25) is 0 Å². The Morgan fingerprint density at radius 1 is 0.955 bits per heavy atom. The maximum atomic E-state index is 15.2. The topological polar surface area (TPSA) is 29.5 Å². The van der Waals surface area contributed by atoms with Gasteiger partial charge in [0.15, 0.2) is 0 Å². The Kier molecular flexibility index (Phi) is 3.16. The van der Waals surface area contributed by atoms with Crippen molar-refractivity contribution in [3.8, 4) is 11.1 Å². The summed E-state index contributed by atoms with van der Waals surface area (Å²) in [5.41, 5.74) is 1.88. The number of halogens is 2. The Labute approximate surface area is 127 Å². The number of amides is 1. The molecule has 0 saturated carbocycles. The van der Waals surface area contributed by atoms with Gasteiger partial charge in [-0.25, -0.2) is 9.18 Å². The minimum Gasteiger partial charge on any atom is -0.406 e. The second-order valence-corrected chi connectivity index (χ2v) is 5.41. The standard InChI is InChI=1S/C17H15F2NO2/c1-16(18)17(19,20(2)15(21)22-16)14-10-8-13(9-11-14)12-6-4-3-5-7-12/h3-11H,1-2H3. The van der Waals surface area contributed by atoms with Crippen molar-refractivity contribution in [1.29, 1.82) is 0 Å². The van der Waals surface area contributed by atoms with Crippen LogP contribution in [-0.4, -0.2) is 23.9 Å². The summed E-state index contributed by atoms with van der Waals surface area (Å²) < 4.78 is 34.1. The highest BCUT2D eigenvalue weighted by molar-refractivity contribution is 5.72. The van der Waals surface area contributed by atoms with Gasteiger partial charge in [0.1, 0.15) is 0 Å². The van der Waals surface area contributed by atoms with Gasteiger partial charge in [-0.1, -0.05) is 54.6 Å². The normalized spacial score (nSPS) is 27.8. The van der Waals surface area contributed by atoms with Gasteiger partial charge < -0.3 is 4.74 Å². The predicted molar refractivity (Wildman–Crippen MR) is 78.4 cm³/mol. The van der Waals surface area contributed by atoms with Crippen LogP contribution in [0.4, 0.5) is 13.6 Å². The van der Waals surface area contributed by atoms with E-state index in [4.69, 9.17) is 0 Å². The van der Waals surface area contributed by atoms with Crippen LogP contribution in [0.15, 0.2) is 54.6 Å². The molecular weight excluding hydrogens is 288 g/mol. The van der Waals surface area contributed by atoms with Gasteiger partial charge in [0, 0.05) is 19.5 Å². The van der Waals surface area contributed by atoms with E-state index in [2.05, 4.69) is 4.74 Å². The average Bonchev–Trinajstić information content (AvgIpc) is 2.68. The maximum absolute atomic E-state index is 15.2. The number of benzene rings is 2. The lowest BCUT2D eigenvalue weighted by molar-refractivity contribution is -0.173. The van der Waals surface area contributed by atoms with E-state index < -0.39 is 17.7 Å². The molecule has 3 nitrogen and oxygen atoms in total. The van der Waals surface area contributed by atoms with Crippen LogP contribution in [0, 0.1) is 0 Å². The summed E-state index contributed by atoms with van der Waals surface area (Å²) in [6.07, 6.45) is -1.03. The molecule has 2 unspecified atom stereocenters. The lowest BCUT2D eigenvalue weighted by Gasteiger charge is -2.31. The van der Waals surface area contributed by atoms with Crippen LogP contribution in [0.5, 0.6) is 0 Å². The second kappa shape index (κ2) is 4.80. The first kappa shape index (κ1) is 14.5. The van der Waals surface area contributed by atoms with E-state index in [1.54, 1.807) is 12.1 Å². The fourth-order valence-electron chi connectivity index (χ4n) is 2.69. The summed E-state index contributed by atoms with van der Waals surface area (Å²) in [5.74, 6) is -5.40. The fraction of sp³-hybridized carbons (Fsp3) is 0.235. The molecule has 3 rings (SSSR count). The molecule has 5 heteroatoms. The SMILES string of the molecule is CN1C(=O)OC(C)(F)C1(F)c1ccc(-c2ccccc2)cc1. The van der Waals surface area contributed by atoms with Crippen molar-refractivity contribution < 1.29 is 18.3 Å². The zero-order valence-corrected chi connectivity index (χ0v) is 12.2. The number of ether oxygens (including phenoxy) is 1. The van der Waals surface area contributed by atoms with Crippen LogP contribution in [-0.2, 0) is 10.5 Å². The van der Waals surface area contributed by atoms with E-state index in [0.717, 1.165) is 18.1 Å². The van der Waals surface area contributed by atoms with Crippen LogP contribution in [0.3, 0.4) is 0 Å². The Morgan fingerprint density at radius 3 is 2.00 bits per heavy atom. The maximum Gasteiger partial charge on any atom is 0.415 e. The number of hydrogen-bond acceptors (Lipinski definition) is 2. The fourth-order valence-corrected chi connectivity index (χ4v) is 2.69. The lowest BCUT2D eigenvalue weighted by atomic mass is 9.95. The molecule has 0 spiro atoms. The van der Waals surface area contributed by atoms with Crippen molar-refractivity contribution in [1.82, 2.24) is 4.90 Å². The molecular formula is C17H15F2NO2. The van der Waals surface area contributed by atoms with Crippen LogP contribution in [0.2, 0.25) is 0 Å². The van der Waals surface area contributed by atoms with Gasteiger partial charge in [0.25, 0.3) is 5.79 Å². The molecule has 1 aliphatic rings. The first-order valence-corrected chi connectivity index (χ1v) is 6.87. The van der Waals surface area contributed by atoms with Crippen molar-refractivity contribution in [3.63, 3.8) is 0 Å². The molecule has 1 fully saturated rings. The quantitative estimate of drug-likeness (QED) is 0.776. The zero-order chi connectivity index (χ0) is 16.0. The summed E-state index contributed by atoms with van der Waals surface area (Å²) in [4.78, 5) is 12.1. The predicted octanol–water partition coefficient (Wildman–Crippen LogP) is 4.24. The van der Waals surface area contributed by atoms with Crippen LogP contribution in [0.1, 0.15) is 12.5 Å². The van der Waals surface area contributed by atoms with Gasteiger partial charge in [-0.3, -0.25) is 4.90 Å². The molecule has 0 N–H and O–H groups in total. The Hall–Kier alpha value is -2.43. The molecule has 2 aromatic rings. The first-order chi connectivity index (χ1) is 10.4. The van der Waals surface area contributed by atoms with E-state index in [9.17, 15) is 9.18 Å². The number of cyclic esters (lactones) is 1. The Balaban J connectivity index is 2.01. The molecule has 0 aromatic heterocycles. The number of likely N-dealkylation sites (N-methyl/N-ethyl adjacent to an activating group) is 1. The third-order valence-corrected chi connectivity index (χ3v) is 3.98. The third kappa shape index (κ3) is 1.96. The largest absolute Gasteiger partial charge is 0.415 e. The third-order valence-electron chi connectivity index (χ3n) is 3.98. The smallest absolute Gasteiger partial charge is 0.406 e. The summed E-state index contributed by atoms with van der Waals surface area (Å²) in [6, 6.07) is 15.9. The van der Waals surface area contributed by atoms with Gasteiger partial charge in [-0.2, -0.15) is 4.39 Å². The van der Waals surface area contributed by atoms with E-state index >= 15 is 4.39 Å². The van der Waals surface area contributed by atoms with Gasteiger partial charge >= 0.3 is 11.9 Å². The molecule has 22 heavy (non-hydrogen) atoms. The Bertz CT molecular complexity index is 700. The van der Waals surface area contributed by atoms with E-state index in [1.807, 2.05) is 30.3 Å². The molecule has 2 atom stereocenters. The van der Waals surface area contributed by atoms with Crippen molar-refractivity contribution in [2.75, 3.05) is 7.05 Å². The number of hydrogen-bond donors (Lipinski definition) is 0. The average molecular weight is 303 g/mol. The molecule has 0 radical (unpaired) electrons. The molecule has 1 heterocycles. The molecule has 1 saturated heterocycles. The number of nitrogens with zero attached hydrogens (tertiary/aromatic N) is 1. The van der Waals surface area contributed by atoms with Crippen molar-refractivity contribution in [2.24, 2.45) is 0 Å². The van der Waals surface area contributed by atoms with Gasteiger partial charge in [0.05, 0.1) is 0 Å². The number of carbonyl (C=O) groups excluding carboxylic acids is 1. The zero-order valence-electron chi connectivity index (χ0n) is 12.2. The molecule has 1 amide bonds. The summed E-state index contributed by atoms with van der Waals surface area (Å²) in [6.45, 7) is 0.916. The van der Waals surface area contributed by atoms with Gasteiger partial charge in [-0.15, -0.1) is 0 Å². The van der Waals surface area contributed by atoms with Crippen LogP contribution in [0.25, 0.3) is 11.1 Å². The van der Waals surface area contributed by atoms with Crippen molar-refractivity contribution in [3.05, 3.63) is 60.2 Å². The highest BCUT2D eigenvalue weighted by Crippen LogP contribution is 2.48. The van der Waals surface area contributed by atoms with Crippen LogP contribution < -0.4 is 0 Å². The second-order valence-electron chi connectivity index (χ2n) is 5.41. The van der Waals surface area contributed by atoms with E-state index in [-0.39, 0.29) is 5.56 Å². The lowest BCUT2D eigenvalue weighted by Crippen LogP contribution is -2.47. The molecule has 0 bridgehead atoms. The van der Waals surface area contributed by atoms with Crippen molar-refractivity contribution in [2.45, 2.75) is 18.6 Å². The molecule has 1 aliphatic heterocycles.